The van der Waals surface area contributed by atoms with Crippen molar-refractivity contribution < 1.29 is 4.74 Å². The highest BCUT2D eigenvalue weighted by molar-refractivity contribution is 7.22. The van der Waals surface area contributed by atoms with E-state index in [1.807, 2.05) is 11.7 Å². The van der Waals surface area contributed by atoms with Gasteiger partial charge in [-0.2, -0.15) is 5.10 Å². The number of fused-ring (bicyclic) bond motifs is 1. The van der Waals surface area contributed by atoms with Crippen LogP contribution in [0.2, 0.25) is 0 Å². The fraction of sp³-hybridized carbons (Fsp3) is 0.750. The number of hydrogen-bond donors (Lipinski definition) is 0. The summed E-state index contributed by atoms with van der Waals surface area (Å²) in [4.78, 5) is 9.82. The van der Waals surface area contributed by atoms with Crippen LogP contribution in [0, 0.1) is 6.92 Å². The summed E-state index contributed by atoms with van der Waals surface area (Å²) in [6.07, 6.45) is 3.45. The summed E-state index contributed by atoms with van der Waals surface area (Å²) in [5, 5.41) is 5.61. The minimum Gasteiger partial charge on any atom is -0.385 e. The number of piperidine rings is 1. The number of aromatic nitrogens is 3. The van der Waals surface area contributed by atoms with Crippen LogP contribution in [0.5, 0.6) is 0 Å². The van der Waals surface area contributed by atoms with Gasteiger partial charge in [0.1, 0.15) is 0 Å². The fourth-order valence-corrected chi connectivity index (χ4v) is 4.45. The maximum atomic E-state index is 5.25. The smallest absolute Gasteiger partial charge is 0.188 e. The Kier molecular flexibility index (Phi) is 5.18. The maximum absolute atomic E-state index is 5.25. The van der Waals surface area contributed by atoms with E-state index in [9.17, 15) is 0 Å². The molecule has 1 aliphatic heterocycles. The van der Waals surface area contributed by atoms with Gasteiger partial charge in [0.2, 0.25) is 0 Å². The molecule has 7 heteroatoms. The van der Waals surface area contributed by atoms with E-state index in [2.05, 4.69) is 28.9 Å². The van der Waals surface area contributed by atoms with Gasteiger partial charge in [-0.25, -0.2) is 9.67 Å². The molecule has 6 nitrogen and oxygen atoms in total. The molecule has 2 aromatic rings. The number of nitrogens with zero attached hydrogens (tertiary/aromatic N) is 5. The maximum Gasteiger partial charge on any atom is 0.188 e. The van der Waals surface area contributed by atoms with Gasteiger partial charge in [0, 0.05) is 33.4 Å². The molecule has 0 aromatic carbocycles. The van der Waals surface area contributed by atoms with Gasteiger partial charge in [-0.3, -0.25) is 0 Å². The molecule has 1 aliphatic rings. The first kappa shape index (κ1) is 16.7. The molecule has 0 unspecified atom stereocenters. The third-order valence-corrected chi connectivity index (χ3v) is 5.85. The molecule has 0 saturated carbocycles. The minimum atomic E-state index is 0.580. The average molecular weight is 337 g/mol. The van der Waals surface area contributed by atoms with Crippen LogP contribution < -0.4 is 4.90 Å². The van der Waals surface area contributed by atoms with Crippen LogP contribution in [0.25, 0.3) is 10.3 Å². The van der Waals surface area contributed by atoms with E-state index in [4.69, 9.17) is 9.72 Å². The third-order valence-electron chi connectivity index (χ3n) is 4.66. The van der Waals surface area contributed by atoms with E-state index < -0.39 is 0 Å². The van der Waals surface area contributed by atoms with Crippen molar-refractivity contribution in [3.8, 4) is 0 Å². The standard InChI is InChI=1S/C16H27N5OS/c1-12-14-15(20(3)18-12)17-16(23-14)21(8-5-11-22-4)13-6-9-19(2)10-7-13/h13H,5-11H2,1-4H3. The second-order valence-corrected chi connectivity index (χ2v) is 7.41. The summed E-state index contributed by atoms with van der Waals surface area (Å²) >= 11 is 1.78. The number of rotatable bonds is 6. The van der Waals surface area contributed by atoms with Gasteiger partial charge < -0.3 is 14.5 Å². The Morgan fingerprint density at radius 2 is 2.04 bits per heavy atom. The normalized spacial score (nSPS) is 17.2. The lowest BCUT2D eigenvalue weighted by atomic mass is 10.0. The quantitative estimate of drug-likeness (QED) is 0.757. The highest BCUT2D eigenvalue weighted by Crippen LogP contribution is 2.33. The molecule has 0 aliphatic carbocycles. The lowest BCUT2D eigenvalue weighted by molar-refractivity contribution is 0.193. The Labute approximate surface area is 142 Å². The Morgan fingerprint density at radius 1 is 1.30 bits per heavy atom. The number of aryl methyl sites for hydroxylation is 2. The van der Waals surface area contributed by atoms with Crippen molar-refractivity contribution >= 4 is 26.8 Å². The van der Waals surface area contributed by atoms with Crippen molar-refractivity contribution in [2.24, 2.45) is 7.05 Å². The summed E-state index contributed by atoms with van der Waals surface area (Å²) in [5.41, 5.74) is 2.08. The molecule has 1 fully saturated rings. The molecular formula is C16H27N5OS. The summed E-state index contributed by atoms with van der Waals surface area (Å²) in [7, 11) is 5.95. The van der Waals surface area contributed by atoms with Crippen LogP contribution >= 0.6 is 11.3 Å². The summed E-state index contributed by atoms with van der Waals surface area (Å²) in [6, 6.07) is 0.580. The van der Waals surface area contributed by atoms with Gasteiger partial charge in [0.25, 0.3) is 0 Å². The number of ether oxygens (including phenoxy) is 1. The lowest BCUT2D eigenvalue weighted by Crippen LogP contribution is -2.44. The van der Waals surface area contributed by atoms with Gasteiger partial charge >= 0.3 is 0 Å². The lowest BCUT2D eigenvalue weighted by Gasteiger charge is -2.37. The predicted molar refractivity (Wildman–Crippen MR) is 95.5 cm³/mol. The van der Waals surface area contributed by atoms with Crippen molar-refractivity contribution in [2.45, 2.75) is 32.2 Å². The van der Waals surface area contributed by atoms with E-state index in [1.54, 1.807) is 18.4 Å². The number of hydrogen-bond acceptors (Lipinski definition) is 6. The van der Waals surface area contributed by atoms with Crippen LogP contribution in [-0.4, -0.2) is 66.1 Å². The molecule has 0 amide bonds. The van der Waals surface area contributed by atoms with Gasteiger partial charge in [-0.1, -0.05) is 11.3 Å². The molecule has 1 saturated heterocycles. The minimum absolute atomic E-state index is 0.580. The molecule has 0 spiro atoms. The second kappa shape index (κ2) is 7.15. The first-order valence-corrected chi connectivity index (χ1v) is 9.16. The molecule has 2 aromatic heterocycles. The van der Waals surface area contributed by atoms with E-state index in [0.717, 1.165) is 49.1 Å². The summed E-state index contributed by atoms with van der Waals surface area (Å²) in [6.45, 7) is 6.20. The van der Waals surface area contributed by atoms with Crippen molar-refractivity contribution in [1.29, 1.82) is 0 Å². The first-order chi connectivity index (χ1) is 11.1. The van der Waals surface area contributed by atoms with E-state index in [-0.39, 0.29) is 0 Å². The van der Waals surface area contributed by atoms with E-state index in [0.29, 0.717) is 6.04 Å². The van der Waals surface area contributed by atoms with Crippen LogP contribution in [0.1, 0.15) is 25.0 Å². The van der Waals surface area contributed by atoms with Crippen molar-refractivity contribution in [2.75, 3.05) is 45.3 Å². The zero-order valence-corrected chi connectivity index (χ0v) is 15.4. The van der Waals surface area contributed by atoms with E-state index in [1.165, 1.54) is 17.5 Å². The third kappa shape index (κ3) is 3.51. The number of anilines is 1. The van der Waals surface area contributed by atoms with Crippen LogP contribution in [-0.2, 0) is 11.8 Å². The molecule has 0 atom stereocenters. The Balaban J connectivity index is 1.84. The van der Waals surface area contributed by atoms with E-state index >= 15 is 0 Å². The van der Waals surface area contributed by atoms with Crippen LogP contribution in [0.3, 0.4) is 0 Å². The summed E-state index contributed by atoms with van der Waals surface area (Å²) < 4.78 is 8.36. The van der Waals surface area contributed by atoms with Crippen molar-refractivity contribution in [3.05, 3.63) is 5.69 Å². The van der Waals surface area contributed by atoms with Gasteiger partial charge in [-0.15, -0.1) is 0 Å². The predicted octanol–water partition coefficient (Wildman–Crippen LogP) is 2.28. The number of likely N-dealkylation sites (tertiary alicyclic amines) is 1. The van der Waals surface area contributed by atoms with Gasteiger partial charge in [-0.05, 0) is 46.3 Å². The molecule has 0 N–H and O–H groups in total. The molecule has 128 valence electrons. The number of thiazole rings is 1. The SMILES string of the molecule is COCCCN(c1nc2c(s1)c(C)nn2C)C1CCN(C)CC1. The van der Waals surface area contributed by atoms with Gasteiger partial charge in [0.15, 0.2) is 10.8 Å². The zero-order valence-electron chi connectivity index (χ0n) is 14.6. The molecule has 3 heterocycles. The first-order valence-electron chi connectivity index (χ1n) is 8.34. The highest BCUT2D eigenvalue weighted by atomic mass is 32.1. The van der Waals surface area contributed by atoms with Crippen molar-refractivity contribution in [3.63, 3.8) is 0 Å². The zero-order chi connectivity index (χ0) is 16.4. The average Bonchev–Trinajstić information content (AvgIpc) is 3.07. The topological polar surface area (TPSA) is 46.4 Å². The molecule has 23 heavy (non-hydrogen) atoms. The van der Waals surface area contributed by atoms with Crippen molar-refractivity contribution in [1.82, 2.24) is 19.7 Å². The molecule has 3 rings (SSSR count). The van der Waals surface area contributed by atoms with Crippen LogP contribution in [0.4, 0.5) is 5.13 Å². The molecule has 0 bridgehead atoms. The Hall–Kier alpha value is -1.18. The Morgan fingerprint density at radius 3 is 2.70 bits per heavy atom. The summed E-state index contributed by atoms with van der Waals surface area (Å²) in [5.74, 6) is 0. The number of methoxy groups -OCH3 is 1. The van der Waals surface area contributed by atoms with Gasteiger partial charge in [0.05, 0.1) is 10.4 Å². The monoisotopic (exact) mass is 337 g/mol. The Bertz CT molecular complexity index is 610. The molecular weight excluding hydrogens is 310 g/mol. The van der Waals surface area contributed by atoms with Crippen LogP contribution in [0.15, 0.2) is 0 Å². The highest BCUT2D eigenvalue weighted by Gasteiger charge is 2.26. The largest absolute Gasteiger partial charge is 0.385 e. The fourth-order valence-electron chi connectivity index (χ4n) is 3.32. The second-order valence-electron chi connectivity index (χ2n) is 6.43. The molecule has 0 radical (unpaired) electrons.